The predicted octanol–water partition coefficient (Wildman–Crippen LogP) is 7.59. The maximum absolute atomic E-state index is 13.2. The quantitative estimate of drug-likeness (QED) is 0.0947. The molecular weight excluding hydrogens is 648 g/mol. The van der Waals surface area contributed by atoms with Gasteiger partial charge in [0.15, 0.2) is 0 Å². The van der Waals surface area contributed by atoms with Crippen LogP contribution in [-0.4, -0.2) is 79.8 Å². The molecule has 3 aromatic rings. The van der Waals surface area contributed by atoms with Crippen molar-refractivity contribution < 1.29 is 38.8 Å². The van der Waals surface area contributed by atoms with Gasteiger partial charge in [0.05, 0.1) is 25.3 Å². The number of fused-ring (bicyclic) bond motifs is 3. The summed E-state index contributed by atoms with van der Waals surface area (Å²) >= 11 is 0. The van der Waals surface area contributed by atoms with Gasteiger partial charge in [-0.25, -0.2) is 4.79 Å². The molecule has 1 heterocycles. The number of allylic oxidation sites excluding steroid dienone is 1. The van der Waals surface area contributed by atoms with E-state index in [1.165, 1.54) is 14.2 Å². The monoisotopic (exact) mass is 698 g/mol. The molecule has 1 aliphatic heterocycles. The van der Waals surface area contributed by atoms with Crippen LogP contribution in [0.4, 0.5) is 4.79 Å². The third kappa shape index (κ3) is 7.22. The van der Waals surface area contributed by atoms with Crippen LogP contribution in [0.25, 0.3) is 10.8 Å². The number of aliphatic hydroxyl groups excluding tert-OH is 2. The molecule has 1 amide bonds. The standard InChI is InChI=1S/C41H50N2O8/c1-5-22-49-41-37(43(2)40(46)47-3)26-35(42-48-4)33-24-29(14-8-10-20-44)32(15-9-11-21-45)38(39(33)41)34-25-31(18-19-36(34)51-41)50-30-17-16-27-12-6-7-13-28(27)23-30/h5-7,12-13,16-19,23-25,29,32,37-39,44-45H,1,8-11,14-15,20-22,26H2,2-4H3/t29-,32+,37-,38+,39+,41+/m0/s1. The van der Waals surface area contributed by atoms with Crippen LogP contribution in [0.5, 0.6) is 17.2 Å². The van der Waals surface area contributed by atoms with E-state index in [1.807, 2.05) is 36.4 Å². The van der Waals surface area contributed by atoms with E-state index in [9.17, 15) is 15.0 Å². The summed E-state index contributed by atoms with van der Waals surface area (Å²) in [6.45, 7) is 4.38. The molecular formula is C41H50N2O8. The largest absolute Gasteiger partial charge is 0.459 e. The van der Waals surface area contributed by atoms with Crippen molar-refractivity contribution in [2.24, 2.45) is 22.9 Å². The second-order valence-electron chi connectivity index (χ2n) is 13.6. The average molecular weight is 699 g/mol. The summed E-state index contributed by atoms with van der Waals surface area (Å²) in [5, 5.41) is 26.3. The van der Waals surface area contributed by atoms with Crippen LogP contribution >= 0.6 is 0 Å². The predicted molar refractivity (Wildman–Crippen MR) is 196 cm³/mol. The van der Waals surface area contributed by atoms with E-state index in [0.29, 0.717) is 30.8 Å². The van der Waals surface area contributed by atoms with Gasteiger partial charge in [-0.05, 0) is 84.2 Å². The van der Waals surface area contributed by atoms with Crippen LogP contribution in [0.1, 0.15) is 56.4 Å². The molecule has 6 atom stereocenters. The second-order valence-corrected chi connectivity index (χ2v) is 13.6. The molecule has 51 heavy (non-hydrogen) atoms. The van der Waals surface area contributed by atoms with Crippen molar-refractivity contribution in [3.8, 4) is 17.2 Å². The maximum atomic E-state index is 13.2. The lowest BCUT2D eigenvalue weighted by Crippen LogP contribution is -2.69. The zero-order chi connectivity index (χ0) is 36.0. The zero-order valence-electron chi connectivity index (χ0n) is 29.8. The Balaban J connectivity index is 1.54. The molecule has 6 rings (SSSR count). The molecule has 0 unspecified atom stereocenters. The fraction of sp³-hybridized carbons (Fsp3) is 0.463. The van der Waals surface area contributed by atoms with Gasteiger partial charge < -0.3 is 38.9 Å². The molecule has 272 valence electrons. The molecule has 1 saturated carbocycles. The number of rotatable bonds is 15. The Hall–Kier alpha value is -4.38. The number of benzene rings is 3. The van der Waals surface area contributed by atoms with Crippen LogP contribution in [-0.2, 0) is 14.3 Å². The summed E-state index contributed by atoms with van der Waals surface area (Å²) < 4.78 is 25.7. The van der Waals surface area contributed by atoms with E-state index < -0.39 is 23.8 Å². The molecule has 0 aromatic heterocycles. The van der Waals surface area contributed by atoms with Crippen molar-refractivity contribution in [1.82, 2.24) is 4.90 Å². The molecule has 3 aliphatic rings. The van der Waals surface area contributed by atoms with Crippen LogP contribution in [0.2, 0.25) is 0 Å². The van der Waals surface area contributed by atoms with E-state index in [1.54, 1.807) is 18.0 Å². The minimum absolute atomic E-state index is 0.111. The molecule has 3 aromatic carbocycles. The van der Waals surface area contributed by atoms with Crippen molar-refractivity contribution in [1.29, 1.82) is 0 Å². The van der Waals surface area contributed by atoms with Gasteiger partial charge in [-0.1, -0.05) is 60.5 Å². The Morgan fingerprint density at radius 1 is 1.00 bits per heavy atom. The summed E-state index contributed by atoms with van der Waals surface area (Å²) in [7, 11) is 4.59. The number of hydrogen-bond donors (Lipinski definition) is 2. The van der Waals surface area contributed by atoms with Crippen molar-refractivity contribution >= 4 is 22.6 Å². The normalized spacial score (nSPS) is 25.6. The molecule has 0 radical (unpaired) electrons. The van der Waals surface area contributed by atoms with Crippen LogP contribution in [0, 0.1) is 17.8 Å². The van der Waals surface area contributed by atoms with Crippen LogP contribution in [0.3, 0.4) is 0 Å². The molecule has 2 N–H and O–H groups in total. The number of oxime groups is 1. The van der Waals surface area contributed by atoms with Crippen LogP contribution < -0.4 is 9.47 Å². The Bertz CT molecular complexity index is 1760. The third-order valence-corrected chi connectivity index (χ3v) is 10.7. The maximum Gasteiger partial charge on any atom is 0.409 e. The van der Waals surface area contributed by atoms with E-state index in [2.05, 4.69) is 42.1 Å². The number of hydrogen-bond acceptors (Lipinski definition) is 9. The molecule has 2 aliphatic carbocycles. The number of amides is 1. The summed E-state index contributed by atoms with van der Waals surface area (Å²) in [4.78, 5) is 20.2. The highest BCUT2D eigenvalue weighted by Gasteiger charge is 2.65. The Labute approximate surface area is 300 Å². The van der Waals surface area contributed by atoms with Gasteiger partial charge in [-0.15, -0.1) is 6.58 Å². The number of nitrogens with zero attached hydrogens (tertiary/aromatic N) is 2. The summed E-state index contributed by atoms with van der Waals surface area (Å²) in [5.41, 5.74) is 2.68. The van der Waals surface area contributed by atoms with Gasteiger partial charge in [0, 0.05) is 38.2 Å². The molecule has 10 nitrogen and oxygen atoms in total. The van der Waals surface area contributed by atoms with Gasteiger partial charge in [0.1, 0.15) is 30.4 Å². The third-order valence-electron chi connectivity index (χ3n) is 10.7. The van der Waals surface area contributed by atoms with Crippen molar-refractivity contribution in [3.63, 3.8) is 0 Å². The van der Waals surface area contributed by atoms with Gasteiger partial charge >= 0.3 is 6.09 Å². The van der Waals surface area contributed by atoms with E-state index in [0.717, 1.165) is 59.1 Å². The molecule has 0 saturated heterocycles. The van der Waals surface area contributed by atoms with Gasteiger partial charge in [0.2, 0.25) is 5.79 Å². The first-order valence-corrected chi connectivity index (χ1v) is 18.0. The van der Waals surface area contributed by atoms with Crippen LogP contribution in [0.15, 0.2) is 90.1 Å². The van der Waals surface area contributed by atoms with Crippen molar-refractivity contribution in [2.45, 2.75) is 62.7 Å². The number of ether oxygens (including phenoxy) is 4. The lowest BCUT2D eigenvalue weighted by molar-refractivity contribution is -0.253. The molecule has 0 bridgehead atoms. The Kier molecular flexibility index (Phi) is 11.6. The number of unbranched alkanes of at least 4 members (excludes halogenated alkanes) is 2. The van der Waals surface area contributed by atoms with Crippen molar-refractivity contribution in [2.75, 3.05) is 41.1 Å². The fourth-order valence-electron chi connectivity index (χ4n) is 8.54. The number of carbonyl (C=O) groups is 1. The van der Waals surface area contributed by atoms with Crippen molar-refractivity contribution in [3.05, 3.63) is 90.5 Å². The first-order chi connectivity index (χ1) is 24.9. The minimum atomic E-state index is -1.32. The Morgan fingerprint density at radius 2 is 1.73 bits per heavy atom. The smallest absolute Gasteiger partial charge is 0.409 e. The summed E-state index contributed by atoms with van der Waals surface area (Å²) in [5.74, 6) is 0.451. The summed E-state index contributed by atoms with van der Waals surface area (Å²) in [6.07, 6.45) is 8.58. The SMILES string of the molecule is C=CCO[C@@]12Oc3ccc(Oc4ccc5ccccc5c4)cc3[C@H]3[C@H](CCCCO)[C@@H](CCCCO)C=C(C(=NOC)C[C@@H]1N(C)C(=O)OC)[C@H]32. The number of likely N-dealkylation sites (N-methyl/N-ethyl adjacent to an activating group) is 1. The minimum Gasteiger partial charge on any atom is -0.459 e. The fourth-order valence-corrected chi connectivity index (χ4v) is 8.54. The molecule has 10 heteroatoms. The first kappa shape index (κ1) is 36.4. The van der Waals surface area contributed by atoms with Gasteiger partial charge in [0.25, 0.3) is 0 Å². The lowest BCUT2D eigenvalue weighted by Gasteiger charge is -2.59. The Morgan fingerprint density at radius 3 is 2.45 bits per heavy atom. The van der Waals surface area contributed by atoms with E-state index >= 15 is 0 Å². The van der Waals surface area contributed by atoms with E-state index in [-0.39, 0.29) is 37.6 Å². The first-order valence-electron chi connectivity index (χ1n) is 18.0. The number of aliphatic hydroxyl groups is 2. The van der Waals surface area contributed by atoms with E-state index in [4.69, 9.17) is 23.8 Å². The lowest BCUT2D eigenvalue weighted by atomic mass is 9.55. The topological polar surface area (TPSA) is 119 Å². The van der Waals surface area contributed by atoms with Gasteiger partial charge in [-0.3, -0.25) is 0 Å². The second kappa shape index (κ2) is 16.3. The summed E-state index contributed by atoms with van der Waals surface area (Å²) in [6, 6.07) is 19.6. The highest BCUT2D eigenvalue weighted by molar-refractivity contribution is 6.03. The highest BCUT2D eigenvalue weighted by Crippen LogP contribution is 2.62. The molecule has 1 fully saturated rings. The number of carbonyl (C=O) groups excluding carboxylic acids is 1. The highest BCUT2D eigenvalue weighted by atomic mass is 16.7. The zero-order valence-corrected chi connectivity index (χ0v) is 29.8. The molecule has 0 spiro atoms. The van der Waals surface area contributed by atoms with Gasteiger partial charge in [-0.2, -0.15) is 0 Å². The number of methoxy groups -OCH3 is 1. The average Bonchev–Trinajstić information content (AvgIpc) is 3.15.